The Balaban J connectivity index is 2.10. The molecule has 0 aromatic heterocycles. The van der Waals surface area contributed by atoms with Gasteiger partial charge in [0.05, 0.1) is 19.3 Å². The molecule has 0 radical (unpaired) electrons. The molecule has 0 heterocycles. The molecule has 4 nitrogen and oxygen atoms in total. The molecule has 0 amide bonds. The molecule has 1 aromatic rings. The Morgan fingerprint density at radius 2 is 2.20 bits per heavy atom. The van der Waals surface area contributed by atoms with Gasteiger partial charge in [0.1, 0.15) is 0 Å². The number of ether oxygens (including phenoxy) is 1. The van der Waals surface area contributed by atoms with Crippen molar-refractivity contribution in [1.82, 2.24) is 5.32 Å². The van der Waals surface area contributed by atoms with Crippen LogP contribution in [-0.2, 0) is 22.1 Å². The zero-order chi connectivity index (χ0) is 14.8. The van der Waals surface area contributed by atoms with Crippen LogP contribution < -0.4 is 5.32 Å². The van der Waals surface area contributed by atoms with Gasteiger partial charge in [-0.1, -0.05) is 36.7 Å². The van der Waals surface area contributed by atoms with Gasteiger partial charge in [0.2, 0.25) is 0 Å². The highest BCUT2D eigenvalue weighted by atomic mass is 35.5. The lowest BCUT2D eigenvalue weighted by Crippen LogP contribution is -2.32. The van der Waals surface area contributed by atoms with Gasteiger partial charge in [-0.15, -0.1) is 0 Å². The Morgan fingerprint density at radius 1 is 1.45 bits per heavy atom. The standard InChI is InChI=1S/C14H22ClNO3S/c1-2-20(18)8-7-16-9-13(17)11-19-10-12-5-3-4-6-14(12)15/h3-6,13,16-17H,2,7-11H2,1H3. The molecule has 0 saturated heterocycles. The molecule has 0 aliphatic rings. The lowest BCUT2D eigenvalue weighted by Gasteiger charge is -2.12. The lowest BCUT2D eigenvalue weighted by atomic mass is 10.2. The van der Waals surface area contributed by atoms with Crippen molar-refractivity contribution in [3.8, 4) is 0 Å². The Kier molecular flexibility index (Phi) is 9.05. The number of hydrogen-bond donors (Lipinski definition) is 2. The SMILES string of the molecule is CCS(=O)CCNCC(O)COCc1ccccc1Cl. The van der Waals surface area contributed by atoms with Crippen molar-refractivity contribution >= 4 is 22.4 Å². The summed E-state index contributed by atoms with van der Waals surface area (Å²) in [4.78, 5) is 0. The van der Waals surface area contributed by atoms with Gasteiger partial charge in [-0.25, -0.2) is 0 Å². The zero-order valence-electron chi connectivity index (χ0n) is 11.7. The van der Waals surface area contributed by atoms with Crippen molar-refractivity contribution in [3.63, 3.8) is 0 Å². The van der Waals surface area contributed by atoms with Gasteiger partial charge in [0, 0.05) is 40.4 Å². The second-order valence-corrected chi connectivity index (χ2v) is 6.67. The van der Waals surface area contributed by atoms with Crippen LogP contribution in [0.15, 0.2) is 24.3 Å². The van der Waals surface area contributed by atoms with E-state index in [1.54, 1.807) is 0 Å². The monoisotopic (exact) mass is 319 g/mol. The third kappa shape index (κ3) is 7.36. The average Bonchev–Trinajstić information content (AvgIpc) is 2.45. The number of nitrogens with one attached hydrogen (secondary N) is 1. The highest BCUT2D eigenvalue weighted by Gasteiger charge is 2.05. The lowest BCUT2D eigenvalue weighted by molar-refractivity contribution is 0.0292. The fraction of sp³-hybridized carbons (Fsp3) is 0.571. The third-order valence-corrected chi connectivity index (χ3v) is 4.41. The van der Waals surface area contributed by atoms with Crippen molar-refractivity contribution in [2.45, 2.75) is 19.6 Å². The summed E-state index contributed by atoms with van der Waals surface area (Å²) in [5.74, 6) is 1.29. The second-order valence-electron chi connectivity index (χ2n) is 4.40. The van der Waals surface area contributed by atoms with Gasteiger partial charge in [-0.3, -0.25) is 4.21 Å². The minimum Gasteiger partial charge on any atom is -0.389 e. The van der Waals surface area contributed by atoms with Crippen LogP contribution in [0.25, 0.3) is 0 Å². The topological polar surface area (TPSA) is 58.6 Å². The molecule has 0 fully saturated rings. The highest BCUT2D eigenvalue weighted by Crippen LogP contribution is 2.15. The molecular weight excluding hydrogens is 298 g/mol. The summed E-state index contributed by atoms with van der Waals surface area (Å²) >= 11 is 6.00. The van der Waals surface area contributed by atoms with Crippen LogP contribution >= 0.6 is 11.6 Å². The Bertz CT molecular complexity index is 417. The predicted octanol–water partition coefficient (Wildman–Crippen LogP) is 1.58. The summed E-state index contributed by atoms with van der Waals surface area (Å²) in [6, 6.07) is 7.47. The number of aliphatic hydroxyl groups is 1. The van der Waals surface area contributed by atoms with Crippen LogP contribution in [0.3, 0.4) is 0 Å². The molecule has 2 unspecified atom stereocenters. The van der Waals surface area contributed by atoms with Crippen LogP contribution in [0.4, 0.5) is 0 Å². The van der Waals surface area contributed by atoms with Gasteiger partial charge in [0.25, 0.3) is 0 Å². The summed E-state index contributed by atoms with van der Waals surface area (Å²) in [7, 11) is -0.765. The van der Waals surface area contributed by atoms with E-state index in [0.29, 0.717) is 36.2 Å². The van der Waals surface area contributed by atoms with E-state index in [-0.39, 0.29) is 6.61 Å². The molecule has 1 aromatic carbocycles. The quantitative estimate of drug-likeness (QED) is 0.643. The molecule has 0 saturated carbocycles. The van der Waals surface area contributed by atoms with E-state index in [0.717, 1.165) is 5.56 Å². The normalized spacial score (nSPS) is 14.2. The number of benzene rings is 1. The third-order valence-electron chi connectivity index (χ3n) is 2.73. The minimum absolute atomic E-state index is 0.245. The van der Waals surface area contributed by atoms with Crippen molar-refractivity contribution in [1.29, 1.82) is 0 Å². The molecule has 20 heavy (non-hydrogen) atoms. The van der Waals surface area contributed by atoms with Crippen molar-refractivity contribution in [2.75, 3.05) is 31.2 Å². The molecule has 0 aliphatic heterocycles. The number of hydrogen-bond acceptors (Lipinski definition) is 4. The van der Waals surface area contributed by atoms with Crippen LogP contribution in [0, 0.1) is 0 Å². The summed E-state index contributed by atoms with van der Waals surface area (Å²) < 4.78 is 16.6. The van der Waals surface area contributed by atoms with Gasteiger partial charge >= 0.3 is 0 Å². The van der Waals surface area contributed by atoms with Gasteiger partial charge < -0.3 is 15.2 Å². The maximum absolute atomic E-state index is 11.2. The molecule has 0 aliphatic carbocycles. The van der Waals surface area contributed by atoms with E-state index < -0.39 is 16.9 Å². The molecule has 114 valence electrons. The minimum atomic E-state index is -0.765. The van der Waals surface area contributed by atoms with Gasteiger partial charge in [-0.2, -0.15) is 0 Å². The molecule has 1 rings (SSSR count). The second kappa shape index (κ2) is 10.3. The van der Waals surface area contributed by atoms with Crippen LogP contribution in [0.2, 0.25) is 5.02 Å². The Hall–Kier alpha value is -0.460. The molecule has 2 atom stereocenters. The van der Waals surface area contributed by atoms with Crippen molar-refractivity contribution in [2.24, 2.45) is 0 Å². The highest BCUT2D eigenvalue weighted by molar-refractivity contribution is 7.84. The first-order chi connectivity index (χ1) is 9.63. The average molecular weight is 320 g/mol. The van der Waals surface area contributed by atoms with Crippen LogP contribution in [-0.4, -0.2) is 46.6 Å². The van der Waals surface area contributed by atoms with Crippen LogP contribution in [0.1, 0.15) is 12.5 Å². The van der Waals surface area contributed by atoms with E-state index in [2.05, 4.69) is 5.32 Å². The van der Waals surface area contributed by atoms with E-state index in [1.165, 1.54) is 0 Å². The van der Waals surface area contributed by atoms with E-state index in [9.17, 15) is 9.32 Å². The first kappa shape index (κ1) is 17.6. The van der Waals surface area contributed by atoms with Gasteiger partial charge in [0.15, 0.2) is 0 Å². The smallest absolute Gasteiger partial charge is 0.0897 e. The summed E-state index contributed by atoms with van der Waals surface area (Å²) in [5, 5.41) is 13.5. The first-order valence-corrected chi connectivity index (χ1v) is 8.55. The first-order valence-electron chi connectivity index (χ1n) is 6.68. The largest absolute Gasteiger partial charge is 0.389 e. The van der Waals surface area contributed by atoms with E-state index in [1.807, 2.05) is 31.2 Å². The fourth-order valence-electron chi connectivity index (χ4n) is 1.58. The molecule has 6 heteroatoms. The van der Waals surface area contributed by atoms with Crippen molar-refractivity contribution < 1.29 is 14.1 Å². The zero-order valence-corrected chi connectivity index (χ0v) is 13.3. The summed E-state index contributed by atoms with van der Waals surface area (Å²) in [6.45, 7) is 3.60. The van der Waals surface area contributed by atoms with Crippen LogP contribution in [0.5, 0.6) is 0 Å². The maximum atomic E-state index is 11.2. The maximum Gasteiger partial charge on any atom is 0.0897 e. The Labute approximate surface area is 127 Å². The molecule has 0 spiro atoms. The fourth-order valence-corrected chi connectivity index (χ4v) is 2.43. The number of aliphatic hydroxyl groups excluding tert-OH is 1. The van der Waals surface area contributed by atoms with E-state index in [4.69, 9.17) is 16.3 Å². The van der Waals surface area contributed by atoms with Gasteiger partial charge in [-0.05, 0) is 11.6 Å². The number of halogens is 1. The summed E-state index contributed by atoms with van der Waals surface area (Å²) in [5.41, 5.74) is 0.910. The Morgan fingerprint density at radius 3 is 2.90 bits per heavy atom. The summed E-state index contributed by atoms with van der Waals surface area (Å²) in [6.07, 6.45) is -0.576. The number of rotatable bonds is 10. The van der Waals surface area contributed by atoms with Crippen molar-refractivity contribution in [3.05, 3.63) is 34.9 Å². The molecule has 2 N–H and O–H groups in total. The predicted molar refractivity (Wildman–Crippen MR) is 83.5 cm³/mol. The van der Waals surface area contributed by atoms with E-state index >= 15 is 0 Å². The molecule has 0 bridgehead atoms. The molecular formula is C14H22ClNO3S.